The fourth-order valence-electron chi connectivity index (χ4n) is 14.7. The van der Waals surface area contributed by atoms with E-state index in [2.05, 4.69) is 13.8 Å². The molecule has 0 radical (unpaired) electrons. The van der Waals surface area contributed by atoms with Gasteiger partial charge in [-0.05, 0) is 162 Å². The first-order valence-corrected chi connectivity index (χ1v) is 18.1. The van der Waals surface area contributed by atoms with Gasteiger partial charge in [0, 0.05) is 23.7 Å². The molecule has 0 saturated heterocycles. The van der Waals surface area contributed by atoms with Crippen molar-refractivity contribution in [2.75, 3.05) is 0 Å². The molecule has 0 aromatic heterocycles. The van der Waals surface area contributed by atoms with Crippen LogP contribution < -0.4 is 0 Å². The third-order valence-corrected chi connectivity index (χ3v) is 16.2. The highest BCUT2D eigenvalue weighted by molar-refractivity contribution is 5.91. The van der Waals surface area contributed by atoms with Crippen LogP contribution in [-0.2, 0) is 9.59 Å². The lowest BCUT2D eigenvalue weighted by Gasteiger charge is -2.64. The summed E-state index contributed by atoms with van der Waals surface area (Å²) in [6, 6.07) is 0. The Bertz CT molecular complexity index is 1140. The molecular formula is C38H54O4. The number of allylic oxidation sites excluding steroid dienone is 2. The van der Waals surface area contributed by atoms with E-state index >= 15 is 0 Å². The molecule has 0 aromatic rings. The average molecular weight is 575 g/mol. The van der Waals surface area contributed by atoms with Gasteiger partial charge in [-0.25, -0.2) is 0 Å². The van der Waals surface area contributed by atoms with Crippen molar-refractivity contribution in [3.63, 3.8) is 0 Å². The Hall–Kier alpha value is -1.26. The highest BCUT2D eigenvalue weighted by atomic mass is 16.4. The standard InChI is InChI=1S/C38H54O4/c1-3-35-17-13-29-27-11-7-25(39)21-23(27)5-9-31(29)33(35)15-19-37(35,41)38(42)20-16-34-32-10-6-24-22-26(40)8-12-28(24)30(32)14-18-36(34,38)4-2/h21-22,27-34,41-42H,3-20H2,1-2H3/t27-,28?,29+,30+,31+,32+,33-,34-,35-,36-,37-,38-/m0/s1. The summed E-state index contributed by atoms with van der Waals surface area (Å²) in [5.74, 6) is 5.31. The molecule has 0 bridgehead atoms. The average Bonchev–Trinajstić information content (AvgIpc) is 3.50. The molecule has 8 rings (SSSR count). The molecular weight excluding hydrogens is 520 g/mol. The summed E-state index contributed by atoms with van der Waals surface area (Å²) < 4.78 is 0. The van der Waals surface area contributed by atoms with Crippen LogP contribution in [0.2, 0.25) is 0 Å². The number of rotatable bonds is 3. The molecule has 0 aliphatic heterocycles. The maximum atomic E-state index is 13.3. The first-order valence-electron chi connectivity index (χ1n) is 18.1. The van der Waals surface area contributed by atoms with Crippen LogP contribution >= 0.6 is 0 Å². The molecule has 8 aliphatic rings. The highest BCUT2D eigenvalue weighted by Crippen LogP contribution is 2.75. The predicted octanol–water partition coefficient (Wildman–Crippen LogP) is 7.51. The molecule has 6 fully saturated rings. The van der Waals surface area contributed by atoms with E-state index in [9.17, 15) is 19.8 Å². The third-order valence-electron chi connectivity index (χ3n) is 16.2. The van der Waals surface area contributed by atoms with Gasteiger partial charge in [0.05, 0.1) is 11.2 Å². The zero-order valence-electron chi connectivity index (χ0n) is 26.2. The van der Waals surface area contributed by atoms with Crippen LogP contribution in [0.5, 0.6) is 0 Å². The van der Waals surface area contributed by atoms with Crippen molar-refractivity contribution in [3.05, 3.63) is 23.3 Å². The van der Waals surface area contributed by atoms with Crippen LogP contribution in [0, 0.1) is 58.2 Å². The Morgan fingerprint density at radius 3 is 1.40 bits per heavy atom. The van der Waals surface area contributed by atoms with Crippen molar-refractivity contribution in [1.29, 1.82) is 0 Å². The first kappa shape index (κ1) is 28.2. The molecule has 6 saturated carbocycles. The third kappa shape index (κ3) is 3.38. The van der Waals surface area contributed by atoms with Crippen molar-refractivity contribution in [3.8, 4) is 0 Å². The van der Waals surface area contributed by atoms with E-state index in [0.29, 0.717) is 71.8 Å². The zero-order chi connectivity index (χ0) is 29.1. The Balaban J connectivity index is 1.12. The molecule has 42 heavy (non-hydrogen) atoms. The van der Waals surface area contributed by atoms with Crippen LogP contribution in [0.1, 0.15) is 129 Å². The topological polar surface area (TPSA) is 74.6 Å². The molecule has 8 aliphatic carbocycles. The largest absolute Gasteiger partial charge is 0.386 e. The summed E-state index contributed by atoms with van der Waals surface area (Å²) in [5.41, 5.74) is 0.423. The first-order chi connectivity index (χ1) is 20.2. The Morgan fingerprint density at radius 1 is 0.571 bits per heavy atom. The lowest BCUT2D eigenvalue weighted by Crippen LogP contribution is -2.70. The number of hydrogen-bond donors (Lipinski definition) is 2. The molecule has 0 aromatic carbocycles. The molecule has 230 valence electrons. The number of fused-ring (bicyclic) bond motifs is 10. The van der Waals surface area contributed by atoms with Crippen LogP contribution in [-0.4, -0.2) is 33.0 Å². The molecule has 0 amide bonds. The summed E-state index contributed by atoms with van der Waals surface area (Å²) in [5, 5.41) is 26.7. The minimum atomic E-state index is -1.02. The molecule has 0 spiro atoms. The van der Waals surface area contributed by atoms with Gasteiger partial charge in [0.15, 0.2) is 11.6 Å². The van der Waals surface area contributed by atoms with Gasteiger partial charge < -0.3 is 10.2 Å². The van der Waals surface area contributed by atoms with Gasteiger partial charge >= 0.3 is 0 Å². The van der Waals surface area contributed by atoms with Crippen molar-refractivity contribution >= 4 is 11.6 Å². The fourth-order valence-corrected chi connectivity index (χ4v) is 14.7. The minimum absolute atomic E-state index is 0.200. The summed E-state index contributed by atoms with van der Waals surface area (Å²) in [7, 11) is 0. The SMILES string of the molecule is CC[C@]12CC[C@H]3[C@@H](CCC4=CC(=O)CC[C@@H]43)[C@@H]1CC[C@@]2(O)[C@]1(O)CC[C@H]2[C@@H]3CCC4=CC(=O)CCC4[C@H]3CC[C@@]21CC. The van der Waals surface area contributed by atoms with Gasteiger partial charge in [-0.3, -0.25) is 9.59 Å². The summed E-state index contributed by atoms with van der Waals surface area (Å²) in [6.45, 7) is 4.64. The zero-order valence-corrected chi connectivity index (χ0v) is 26.2. The van der Waals surface area contributed by atoms with Gasteiger partial charge in [0.2, 0.25) is 0 Å². The Kier molecular flexibility index (Phi) is 6.47. The highest BCUT2D eigenvalue weighted by Gasteiger charge is 2.77. The number of carbonyl (C=O) groups excluding carboxylic acids is 2. The molecule has 1 unspecified atom stereocenters. The lowest BCUT2D eigenvalue weighted by atomic mass is 9.43. The number of hydrogen-bond acceptors (Lipinski definition) is 4. The van der Waals surface area contributed by atoms with E-state index in [1.807, 2.05) is 12.2 Å². The van der Waals surface area contributed by atoms with Crippen LogP contribution in [0.25, 0.3) is 0 Å². The molecule has 0 heterocycles. The van der Waals surface area contributed by atoms with Gasteiger partial charge in [-0.1, -0.05) is 25.0 Å². The fraction of sp³-hybridized carbons (Fsp3) is 0.842. The molecule has 12 atom stereocenters. The predicted molar refractivity (Wildman–Crippen MR) is 163 cm³/mol. The summed E-state index contributed by atoms with van der Waals surface area (Å²) in [4.78, 5) is 24.4. The van der Waals surface area contributed by atoms with Crippen LogP contribution in [0.15, 0.2) is 23.3 Å². The minimum Gasteiger partial charge on any atom is -0.386 e. The maximum absolute atomic E-state index is 13.3. The summed E-state index contributed by atoms with van der Waals surface area (Å²) in [6.07, 6.45) is 21.8. The number of aliphatic hydroxyl groups is 2. The maximum Gasteiger partial charge on any atom is 0.155 e. The second kappa shape index (κ2) is 9.62. The second-order valence-electron chi connectivity index (χ2n) is 16.5. The van der Waals surface area contributed by atoms with E-state index in [1.165, 1.54) is 11.1 Å². The van der Waals surface area contributed by atoms with Gasteiger partial charge in [0.1, 0.15) is 0 Å². The second-order valence-corrected chi connectivity index (χ2v) is 16.5. The van der Waals surface area contributed by atoms with Crippen LogP contribution in [0.3, 0.4) is 0 Å². The van der Waals surface area contributed by atoms with E-state index in [1.54, 1.807) is 0 Å². The van der Waals surface area contributed by atoms with Crippen molar-refractivity contribution in [2.24, 2.45) is 58.2 Å². The van der Waals surface area contributed by atoms with Crippen molar-refractivity contribution in [2.45, 2.75) is 141 Å². The smallest absolute Gasteiger partial charge is 0.155 e. The number of ketones is 2. The number of carbonyl (C=O) groups is 2. The Labute approximate surface area is 253 Å². The lowest BCUT2D eigenvalue weighted by molar-refractivity contribution is -0.276. The monoisotopic (exact) mass is 574 g/mol. The van der Waals surface area contributed by atoms with E-state index < -0.39 is 11.2 Å². The van der Waals surface area contributed by atoms with Gasteiger partial charge in [-0.15, -0.1) is 0 Å². The molecule has 2 N–H and O–H groups in total. The van der Waals surface area contributed by atoms with E-state index in [4.69, 9.17) is 0 Å². The normalized spacial score (nSPS) is 53.1. The Morgan fingerprint density at radius 2 is 1.00 bits per heavy atom. The van der Waals surface area contributed by atoms with E-state index in [-0.39, 0.29) is 10.8 Å². The van der Waals surface area contributed by atoms with Gasteiger partial charge in [-0.2, -0.15) is 0 Å². The molecule has 4 heteroatoms. The van der Waals surface area contributed by atoms with Gasteiger partial charge in [0.25, 0.3) is 0 Å². The molecule has 4 nitrogen and oxygen atoms in total. The van der Waals surface area contributed by atoms with E-state index in [0.717, 1.165) is 103 Å². The van der Waals surface area contributed by atoms with Crippen molar-refractivity contribution < 1.29 is 19.8 Å². The quantitative estimate of drug-likeness (QED) is 0.366. The van der Waals surface area contributed by atoms with Crippen molar-refractivity contribution in [1.82, 2.24) is 0 Å². The van der Waals surface area contributed by atoms with Crippen LogP contribution in [0.4, 0.5) is 0 Å². The summed E-state index contributed by atoms with van der Waals surface area (Å²) >= 11 is 0.